The summed E-state index contributed by atoms with van der Waals surface area (Å²) >= 11 is 0. The van der Waals surface area contributed by atoms with Gasteiger partial charge < -0.3 is 5.11 Å². The molecule has 78 valence electrons. The average Bonchev–Trinajstić information content (AvgIpc) is 2.21. The van der Waals surface area contributed by atoms with Gasteiger partial charge in [0.1, 0.15) is 11.4 Å². The third-order valence-corrected chi connectivity index (χ3v) is 1.65. The predicted molar refractivity (Wildman–Crippen MR) is 54.3 cm³/mol. The Hall–Kier alpha value is -2.11. The number of carboxylic acid groups (broad SMARTS) is 1. The van der Waals surface area contributed by atoms with Crippen LogP contribution in [0.5, 0.6) is 0 Å². The van der Waals surface area contributed by atoms with Gasteiger partial charge in [0.25, 0.3) is 0 Å². The highest BCUT2D eigenvalue weighted by Gasteiger charge is 2.13. The summed E-state index contributed by atoms with van der Waals surface area (Å²) in [6, 6.07) is 4.66. The molecule has 0 bridgehead atoms. The largest absolute Gasteiger partial charge is 0.478 e. The van der Waals surface area contributed by atoms with Gasteiger partial charge in [-0.05, 0) is 12.1 Å². The summed E-state index contributed by atoms with van der Waals surface area (Å²) in [7, 11) is 2.96. The zero-order chi connectivity index (χ0) is 11.3. The molecule has 1 N–H and O–H groups in total. The summed E-state index contributed by atoms with van der Waals surface area (Å²) in [4.78, 5) is 10.9. The SMILES string of the molecule is CN=Nc1cccc(C(=O)O)c1N=NC. The Morgan fingerprint density at radius 3 is 2.40 bits per heavy atom. The van der Waals surface area contributed by atoms with Crippen molar-refractivity contribution in [1.82, 2.24) is 0 Å². The first-order chi connectivity index (χ1) is 7.20. The second-order valence-corrected chi connectivity index (χ2v) is 2.58. The molecule has 0 aliphatic heterocycles. The Bertz CT molecular complexity index is 426. The Labute approximate surface area is 86.4 Å². The Kier molecular flexibility index (Phi) is 3.61. The first-order valence-electron chi connectivity index (χ1n) is 4.16. The number of hydrogen-bond acceptors (Lipinski definition) is 5. The molecule has 0 heterocycles. The Morgan fingerprint density at radius 2 is 1.87 bits per heavy atom. The summed E-state index contributed by atoms with van der Waals surface area (Å²) in [5.41, 5.74) is 0.673. The van der Waals surface area contributed by atoms with E-state index in [9.17, 15) is 4.79 Å². The van der Waals surface area contributed by atoms with Crippen molar-refractivity contribution in [2.45, 2.75) is 0 Å². The van der Waals surface area contributed by atoms with Crippen LogP contribution in [0.15, 0.2) is 38.7 Å². The maximum atomic E-state index is 10.9. The normalized spacial score (nSPS) is 11.3. The maximum absolute atomic E-state index is 10.9. The topological polar surface area (TPSA) is 86.7 Å². The minimum atomic E-state index is -1.06. The molecule has 0 radical (unpaired) electrons. The molecule has 1 rings (SSSR count). The number of benzene rings is 1. The van der Waals surface area contributed by atoms with Crippen molar-refractivity contribution in [3.63, 3.8) is 0 Å². The van der Waals surface area contributed by atoms with Crippen LogP contribution in [0.25, 0.3) is 0 Å². The van der Waals surface area contributed by atoms with Gasteiger partial charge in [0.15, 0.2) is 0 Å². The highest BCUT2D eigenvalue weighted by Crippen LogP contribution is 2.32. The van der Waals surface area contributed by atoms with Crippen molar-refractivity contribution in [2.75, 3.05) is 14.1 Å². The molecule has 0 aliphatic carbocycles. The highest BCUT2D eigenvalue weighted by atomic mass is 16.4. The van der Waals surface area contributed by atoms with Crippen LogP contribution in [-0.4, -0.2) is 25.2 Å². The van der Waals surface area contributed by atoms with Gasteiger partial charge in [-0.2, -0.15) is 20.5 Å². The smallest absolute Gasteiger partial charge is 0.338 e. The molecule has 1 aromatic carbocycles. The molecule has 15 heavy (non-hydrogen) atoms. The van der Waals surface area contributed by atoms with Gasteiger partial charge in [0.05, 0.1) is 5.56 Å². The molecule has 0 spiro atoms. The molecule has 0 aliphatic rings. The molecule has 0 aromatic heterocycles. The molecular formula is C9H10N4O2. The molecular weight excluding hydrogens is 196 g/mol. The lowest BCUT2D eigenvalue weighted by Gasteiger charge is -2.01. The molecule has 0 amide bonds. The van der Waals surface area contributed by atoms with Crippen molar-refractivity contribution in [1.29, 1.82) is 0 Å². The fourth-order valence-corrected chi connectivity index (χ4v) is 1.10. The van der Waals surface area contributed by atoms with Crippen molar-refractivity contribution < 1.29 is 9.90 Å². The van der Waals surface area contributed by atoms with Crippen molar-refractivity contribution >= 4 is 17.3 Å². The summed E-state index contributed by atoms with van der Waals surface area (Å²) < 4.78 is 0. The number of nitrogens with zero attached hydrogens (tertiary/aromatic N) is 4. The highest BCUT2D eigenvalue weighted by molar-refractivity contribution is 5.96. The fourth-order valence-electron chi connectivity index (χ4n) is 1.10. The number of rotatable bonds is 3. The molecule has 0 unspecified atom stereocenters. The maximum Gasteiger partial charge on any atom is 0.338 e. The van der Waals surface area contributed by atoms with E-state index < -0.39 is 5.97 Å². The van der Waals surface area contributed by atoms with Gasteiger partial charge in [0, 0.05) is 14.1 Å². The lowest BCUT2D eigenvalue weighted by Crippen LogP contribution is -1.96. The zero-order valence-electron chi connectivity index (χ0n) is 8.38. The number of aromatic carboxylic acids is 1. The minimum Gasteiger partial charge on any atom is -0.478 e. The van der Waals surface area contributed by atoms with E-state index in [0.717, 1.165) is 0 Å². The van der Waals surface area contributed by atoms with Crippen molar-refractivity contribution in [3.8, 4) is 0 Å². The fraction of sp³-hybridized carbons (Fsp3) is 0.222. The van der Waals surface area contributed by atoms with E-state index in [-0.39, 0.29) is 11.3 Å². The van der Waals surface area contributed by atoms with Crippen LogP contribution in [0.4, 0.5) is 11.4 Å². The molecule has 6 nitrogen and oxygen atoms in total. The minimum absolute atomic E-state index is 0.0606. The van der Waals surface area contributed by atoms with E-state index in [1.165, 1.54) is 20.2 Å². The van der Waals surface area contributed by atoms with E-state index in [4.69, 9.17) is 5.11 Å². The summed E-state index contributed by atoms with van der Waals surface area (Å²) in [5.74, 6) is -1.06. The van der Waals surface area contributed by atoms with Crippen LogP contribution in [0.3, 0.4) is 0 Å². The summed E-state index contributed by atoms with van der Waals surface area (Å²) in [6.07, 6.45) is 0. The summed E-state index contributed by atoms with van der Waals surface area (Å²) in [5, 5.41) is 23.6. The predicted octanol–water partition coefficient (Wildman–Crippen LogP) is 2.81. The lowest BCUT2D eigenvalue weighted by molar-refractivity contribution is 0.0698. The lowest BCUT2D eigenvalue weighted by atomic mass is 10.1. The average molecular weight is 206 g/mol. The number of azo groups is 2. The first-order valence-corrected chi connectivity index (χ1v) is 4.16. The molecule has 0 atom stereocenters. The van der Waals surface area contributed by atoms with E-state index in [2.05, 4.69) is 20.5 Å². The van der Waals surface area contributed by atoms with E-state index in [1.807, 2.05) is 0 Å². The van der Waals surface area contributed by atoms with Crippen LogP contribution in [0.2, 0.25) is 0 Å². The second-order valence-electron chi connectivity index (χ2n) is 2.58. The van der Waals surface area contributed by atoms with Gasteiger partial charge in [-0.1, -0.05) is 6.07 Å². The van der Waals surface area contributed by atoms with Crippen LogP contribution in [-0.2, 0) is 0 Å². The summed E-state index contributed by atoms with van der Waals surface area (Å²) in [6.45, 7) is 0. The van der Waals surface area contributed by atoms with Crippen LogP contribution >= 0.6 is 0 Å². The second kappa shape index (κ2) is 4.94. The van der Waals surface area contributed by atoms with Crippen molar-refractivity contribution in [3.05, 3.63) is 23.8 Å². The van der Waals surface area contributed by atoms with Gasteiger partial charge in [-0.3, -0.25) is 0 Å². The first kappa shape index (κ1) is 11.0. The molecule has 0 saturated heterocycles. The number of hydrogen-bond donors (Lipinski definition) is 1. The van der Waals surface area contributed by atoms with Crippen LogP contribution in [0, 0.1) is 0 Å². The van der Waals surface area contributed by atoms with E-state index >= 15 is 0 Å². The van der Waals surface area contributed by atoms with Gasteiger partial charge in [-0.15, -0.1) is 0 Å². The van der Waals surface area contributed by atoms with Crippen LogP contribution < -0.4 is 0 Å². The Balaban J connectivity index is 3.40. The van der Waals surface area contributed by atoms with Crippen molar-refractivity contribution in [2.24, 2.45) is 20.5 Å². The molecule has 0 saturated carbocycles. The van der Waals surface area contributed by atoms with E-state index in [0.29, 0.717) is 5.69 Å². The van der Waals surface area contributed by atoms with E-state index in [1.54, 1.807) is 12.1 Å². The molecule has 6 heteroatoms. The quantitative estimate of drug-likeness (QED) is 0.770. The Morgan fingerprint density at radius 1 is 1.20 bits per heavy atom. The van der Waals surface area contributed by atoms with Gasteiger partial charge in [0.2, 0.25) is 0 Å². The van der Waals surface area contributed by atoms with Gasteiger partial charge in [-0.25, -0.2) is 4.79 Å². The number of carboxylic acids is 1. The third-order valence-electron chi connectivity index (χ3n) is 1.65. The number of carbonyl (C=O) groups is 1. The molecule has 1 aromatic rings. The monoisotopic (exact) mass is 206 g/mol. The van der Waals surface area contributed by atoms with Crippen LogP contribution in [0.1, 0.15) is 10.4 Å². The molecule has 0 fully saturated rings. The standard InChI is InChI=1S/C9H10N4O2/c1-10-12-7-5-3-4-6(9(14)15)8(7)13-11-2/h3-5H,1-2H3,(H,14,15). The third kappa shape index (κ3) is 2.43. The van der Waals surface area contributed by atoms with Gasteiger partial charge >= 0.3 is 5.97 Å². The zero-order valence-corrected chi connectivity index (χ0v) is 8.38.